The summed E-state index contributed by atoms with van der Waals surface area (Å²) in [5.41, 5.74) is 7.33. The van der Waals surface area contributed by atoms with Crippen molar-refractivity contribution in [2.75, 3.05) is 5.73 Å². The van der Waals surface area contributed by atoms with E-state index >= 15 is 0 Å². The first-order chi connectivity index (χ1) is 4.33. The van der Waals surface area contributed by atoms with E-state index in [9.17, 15) is 0 Å². The van der Waals surface area contributed by atoms with Crippen LogP contribution >= 0.6 is 0 Å². The van der Waals surface area contributed by atoms with Gasteiger partial charge in [0.1, 0.15) is 0 Å². The molecule has 0 amide bonds. The highest BCUT2D eigenvalue weighted by Crippen LogP contribution is 2.05. The molecule has 2 radical (unpaired) electrons. The van der Waals surface area contributed by atoms with Crippen LogP contribution < -0.4 is 5.73 Å². The maximum Gasteiger partial charge on any atom is 0.0316 e. The molecule has 0 saturated heterocycles. The normalized spacial score (nSPS) is 9.44. The van der Waals surface area contributed by atoms with Crippen molar-refractivity contribution in [3.63, 3.8) is 0 Å². The molecule has 0 saturated carbocycles. The van der Waals surface area contributed by atoms with Crippen molar-refractivity contribution in [3.05, 3.63) is 36.8 Å². The van der Waals surface area contributed by atoms with Crippen LogP contribution in [0, 0.1) is 6.92 Å². The minimum atomic E-state index is 0.561. The molecular formula is C8H9N. The monoisotopic (exact) mass is 119 g/mol. The van der Waals surface area contributed by atoms with Crippen LogP contribution in [0.5, 0.6) is 0 Å². The Bertz CT molecular complexity index is 194. The molecule has 0 spiro atoms. The molecule has 1 heteroatoms. The highest BCUT2D eigenvalue weighted by molar-refractivity contribution is 5.40. The van der Waals surface area contributed by atoms with E-state index in [-0.39, 0.29) is 0 Å². The molecule has 0 heterocycles. The maximum absolute atomic E-state index is 5.48. The zero-order chi connectivity index (χ0) is 6.69. The standard InChI is InChI=1S/C8H9N/c1-2-7-4-3-5-8(9)6-7/h1,3-6H,2,9H2. The van der Waals surface area contributed by atoms with Crippen LogP contribution in [0.4, 0.5) is 5.69 Å². The van der Waals surface area contributed by atoms with Crippen molar-refractivity contribution in [2.24, 2.45) is 0 Å². The second kappa shape index (κ2) is 2.53. The minimum Gasteiger partial charge on any atom is -0.399 e. The molecule has 1 aromatic rings. The van der Waals surface area contributed by atoms with Gasteiger partial charge in [0, 0.05) is 5.69 Å². The smallest absolute Gasteiger partial charge is 0.0316 e. The molecule has 0 bridgehead atoms. The summed E-state index contributed by atoms with van der Waals surface area (Å²) < 4.78 is 0. The number of nitrogen functional groups attached to an aromatic ring is 1. The lowest BCUT2D eigenvalue weighted by atomic mass is 10.1. The summed E-state index contributed by atoms with van der Waals surface area (Å²) in [4.78, 5) is 0. The fourth-order valence-corrected chi connectivity index (χ4v) is 0.720. The van der Waals surface area contributed by atoms with E-state index in [1.807, 2.05) is 24.3 Å². The quantitative estimate of drug-likeness (QED) is 0.557. The van der Waals surface area contributed by atoms with Gasteiger partial charge in [-0.1, -0.05) is 12.1 Å². The van der Waals surface area contributed by atoms with Gasteiger partial charge < -0.3 is 5.73 Å². The summed E-state index contributed by atoms with van der Waals surface area (Å²) in [5, 5.41) is 0. The summed E-state index contributed by atoms with van der Waals surface area (Å²) in [5.74, 6) is 0. The van der Waals surface area contributed by atoms with Crippen molar-refractivity contribution in [3.8, 4) is 0 Å². The van der Waals surface area contributed by atoms with Crippen molar-refractivity contribution in [1.29, 1.82) is 0 Å². The van der Waals surface area contributed by atoms with Gasteiger partial charge in [-0.2, -0.15) is 0 Å². The molecular weight excluding hydrogens is 110 g/mol. The van der Waals surface area contributed by atoms with Gasteiger partial charge in [-0.15, -0.1) is 0 Å². The fraction of sp³-hybridized carbons (Fsp3) is 0.125. The van der Waals surface area contributed by atoms with Gasteiger partial charge in [0.15, 0.2) is 0 Å². The van der Waals surface area contributed by atoms with Crippen LogP contribution in [-0.4, -0.2) is 0 Å². The van der Waals surface area contributed by atoms with E-state index in [0.717, 1.165) is 11.3 Å². The predicted octanol–water partition coefficient (Wildman–Crippen LogP) is 1.52. The van der Waals surface area contributed by atoms with Crippen molar-refractivity contribution in [1.82, 2.24) is 0 Å². The number of hydrogen-bond donors (Lipinski definition) is 1. The van der Waals surface area contributed by atoms with Crippen LogP contribution in [0.3, 0.4) is 0 Å². The Morgan fingerprint density at radius 1 is 1.44 bits per heavy atom. The van der Waals surface area contributed by atoms with E-state index in [2.05, 4.69) is 0 Å². The second-order valence-corrected chi connectivity index (χ2v) is 1.95. The van der Waals surface area contributed by atoms with Crippen molar-refractivity contribution >= 4 is 5.69 Å². The topological polar surface area (TPSA) is 26.0 Å². The average Bonchev–Trinajstić information content (AvgIpc) is 1.88. The van der Waals surface area contributed by atoms with Crippen LogP contribution in [0.15, 0.2) is 24.3 Å². The number of nitrogens with two attached hydrogens (primary N) is 1. The van der Waals surface area contributed by atoms with E-state index < -0.39 is 0 Å². The number of rotatable bonds is 1. The molecule has 0 unspecified atom stereocenters. The fourth-order valence-electron chi connectivity index (χ4n) is 0.720. The Kier molecular flexibility index (Phi) is 1.73. The van der Waals surface area contributed by atoms with Gasteiger partial charge in [0.05, 0.1) is 0 Å². The van der Waals surface area contributed by atoms with E-state index in [1.165, 1.54) is 0 Å². The third kappa shape index (κ3) is 1.46. The van der Waals surface area contributed by atoms with Gasteiger partial charge in [-0.3, -0.25) is 0 Å². The minimum absolute atomic E-state index is 0.561. The first kappa shape index (κ1) is 6.14. The SMILES string of the molecule is [CH]Cc1cccc(N)c1. The Labute approximate surface area is 55.5 Å². The first-order valence-electron chi connectivity index (χ1n) is 2.87. The van der Waals surface area contributed by atoms with Crippen LogP contribution in [0.25, 0.3) is 0 Å². The molecule has 1 nitrogen and oxygen atoms in total. The number of anilines is 1. The molecule has 0 aliphatic heterocycles. The average molecular weight is 119 g/mol. The summed E-state index contributed by atoms with van der Waals surface area (Å²) in [6, 6.07) is 7.58. The van der Waals surface area contributed by atoms with Crippen LogP contribution in [0.2, 0.25) is 0 Å². The third-order valence-electron chi connectivity index (χ3n) is 1.19. The summed E-state index contributed by atoms with van der Waals surface area (Å²) in [6.45, 7) is 5.36. The van der Waals surface area contributed by atoms with Crippen molar-refractivity contribution in [2.45, 2.75) is 6.42 Å². The summed E-state index contributed by atoms with van der Waals surface area (Å²) in [6.07, 6.45) is 0.561. The maximum atomic E-state index is 5.48. The molecule has 0 aromatic heterocycles. The van der Waals surface area contributed by atoms with E-state index in [0.29, 0.717) is 6.42 Å². The zero-order valence-corrected chi connectivity index (χ0v) is 5.17. The molecule has 1 rings (SSSR count). The first-order valence-corrected chi connectivity index (χ1v) is 2.87. The molecule has 0 aliphatic carbocycles. The second-order valence-electron chi connectivity index (χ2n) is 1.95. The molecule has 9 heavy (non-hydrogen) atoms. The predicted molar refractivity (Wildman–Crippen MR) is 38.9 cm³/mol. The lowest BCUT2D eigenvalue weighted by Gasteiger charge is -1.95. The summed E-state index contributed by atoms with van der Waals surface area (Å²) in [7, 11) is 0. The van der Waals surface area contributed by atoms with Crippen LogP contribution in [-0.2, 0) is 6.42 Å². The lowest BCUT2D eigenvalue weighted by Crippen LogP contribution is -1.85. The lowest BCUT2D eigenvalue weighted by molar-refractivity contribution is 1.27. The highest BCUT2D eigenvalue weighted by atomic mass is 14.5. The Morgan fingerprint density at radius 2 is 2.22 bits per heavy atom. The molecule has 0 fully saturated rings. The van der Waals surface area contributed by atoms with Gasteiger partial charge in [-0.25, -0.2) is 0 Å². The summed E-state index contributed by atoms with van der Waals surface area (Å²) >= 11 is 0. The largest absolute Gasteiger partial charge is 0.399 e. The van der Waals surface area contributed by atoms with Crippen LogP contribution in [0.1, 0.15) is 5.56 Å². The molecule has 0 aliphatic rings. The third-order valence-corrected chi connectivity index (χ3v) is 1.19. The molecule has 1 aromatic carbocycles. The number of hydrogen-bond acceptors (Lipinski definition) is 1. The Balaban J connectivity index is 2.94. The van der Waals surface area contributed by atoms with Crippen molar-refractivity contribution < 1.29 is 0 Å². The molecule has 0 atom stereocenters. The van der Waals surface area contributed by atoms with Gasteiger partial charge in [0.2, 0.25) is 0 Å². The molecule has 46 valence electrons. The molecule has 2 N–H and O–H groups in total. The Hall–Kier alpha value is -0.980. The highest BCUT2D eigenvalue weighted by Gasteiger charge is 1.86. The number of benzene rings is 1. The van der Waals surface area contributed by atoms with E-state index in [1.54, 1.807) is 0 Å². The Morgan fingerprint density at radius 3 is 2.67 bits per heavy atom. The van der Waals surface area contributed by atoms with Gasteiger partial charge >= 0.3 is 0 Å². The van der Waals surface area contributed by atoms with Gasteiger partial charge in [-0.05, 0) is 31.0 Å². The zero-order valence-electron chi connectivity index (χ0n) is 5.17. The van der Waals surface area contributed by atoms with E-state index in [4.69, 9.17) is 12.7 Å². The van der Waals surface area contributed by atoms with Gasteiger partial charge in [0.25, 0.3) is 0 Å².